The Morgan fingerprint density at radius 2 is 1.68 bits per heavy atom. The van der Waals surface area contributed by atoms with Crippen molar-refractivity contribution in [3.05, 3.63) is 90.5 Å². The van der Waals surface area contributed by atoms with Gasteiger partial charge in [-0.1, -0.05) is 12.1 Å². The Bertz CT molecular complexity index is 1420. The summed E-state index contributed by atoms with van der Waals surface area (Å²) in [6.07, 6.45) is 3.68. The lowest BCUT2D eigenvalue weighted by Gasteiger charge is -2.11. The van der Waals surface area contributed by atoms with Gasteiger partial charge in [-0.25, -0.2) is 13.4 Å². The summed E-state index contributed by atoms with van der Waals surface area (Å²) in [7, 11) is -4.94. The predicted octanol–water partition coefficient (Wildman–Crippen LogP) is 4.62. The molecule has 0 bridgehead atoms. The molecule has 1 N–H and O–H groups in total. The second kappa shape index (κ2) is 9.40. The van der Waals surface area contributed by atoms with Crippen molar-refractivity contribution in [2.75, 3.05) is 5.32 Å². The number of rotatable bonds is 7. The highest BCUT2D eigenvalue weighted by atomic mass is 32.2. The highest BCUT2D eigenvalue weighted by molar-refractivity contribution is 7.91. The van der Waals surface area contributed by atoms with Gasteiger partial charge in [0.05, 0.1) is 10.5 Å². The van der Waals surface area contributed by atoms with Gasteiger partial charge in [-0.2, -0.15) is 13.8 Å². The molecule has 4 rings (SSSR count). The van der Waals surface area contributed by atoms with Gasteiger partial charge in [0.25, 0.3) is 5.91 Å². The van der Waals surface area contributed by atoms with Crippen molar-refractivity contribution in [3.8, 4) is 17.4 Å². The SMILES string of the molecule is Cc1nc(Oc2ccc(NC(=O)c3ccccc3S(=O)(=O)C(F)F)cc2)cc(-n2cccc2)n1. The number of aryl methyl sites for hydroxylation is 1. The van der Waals surface area contributed by atoms with Gasteiger partial charge < -0.3 is 14.6 Å². The number of carbonyl (C=O) groups is 1. The van der Waals surface area contributed by atoms with Gasteiger partial charge in [0.1, 0.15) is 17.4 Å². The van der Waals surface area contributed by atoms with E-state index < -0.39 is 26.4 Å². The second-order valence-corrected chi connectivity index (χ2v) is 8.97. The Labute approximate surface area is 193 Å². The highest BCUT2D eigenvalue weighted by Gasteiger charge is 2.30. The van der Waals surface area contributed by atoms with Crippen LogP contribution in [0, 0.1) is 6.92 Å². The summed E-state index contributed by atoms with van der Waals surface area (Å²) < 4.78 is 57.3. The third-order valence-electron chi connectivity index (χ3n) is 4.68. The number of anilines is 1. The Balaban J connectivity index is 1.50. The van der Waals surface area contributed by atoms with Crippen LogP contribution >= 0.6 is 0 Å². The highest BCUT2D eigenvalue weighted by Crippen LogP contribution is 2.25. The molecule has 2 heterocycles. The molecule has 34 heavy (non-hydrogen) atoms. The van der Waals surface area contributed by atoms with E-state index in [1.54, 1.807) is 25.1 Å². The Morgan fingerprint density at radius 3 is 2.35 bits per heavy atom. The molecule has 0 radical (unpaired) electrons. The topological polar surface area (TPSA) is 103 Å². The van der Waals surface area contributed by atoms with Crippen molar-refractivity contribution in [3.63, 3.8) is 0 Å². The molecule has 0 aliphatic heterocycles. The van der Waals surface area contributed by atoms with Crippen LogP contribution in [0.15, 0.2) is 84.0 Å². The number of nitrogens with one attached hydrogen (secondary N) is 1. The molecule has 8 nitrogen and oxygen atoms in total. The van der Waals surface area contributed by atoms with E-state index in [-0.39, 0.29) is 5.56 Å². The van der Waals surface area contributed by atoms with Crippen LogP contribution in [0.1, 0.15) is 16.2 Å². The Kier molecular flexibility index (Phi) is 6.37. The van der Waals surface area contributed by atoms with Crippen LogP contribution in [0.4, 0.5) is 14.5 Å². The van der Waals surface area contributed by atoms with Crippen LogP contribution in [0.2, 0.25) is 0 Å². The molecule has 1 amide bonds. The van der Waals surface area contributed by atoms with Crippen molar-refractivity contribution in [2.24, 2.45) is 0 Å². The number of sulfone groups is 1. The first-order chi connectivity index (χ1) is 16.2. The number of ether oxygens (including phenoxy) is 1. The largest absolute Gasteiger partial charge is 0.439 e. The summed E-state index contributed by atoms with van der Waals surface area (Å²) in [4.78, 5) is 20.5. The van der Waals surface area contributed by atoms with Crippen LogP contribution in [0.3, 0.4) is 0 Å². The molecule has 0 saturated heterocycles. The van der Waals surface area contributed by atoms with Gasteiger partial charge >= 0.3 is 5.76 Å². The zero-order valence-electron chi connectivity index (χ0n) is 17.7. The lowest BCUT2D eigenvalue weighted by Crippen LogP contribution is -2.19. The molecule has 11 heteroatoms. The quantitative estimate of drug-likeness (QED) is 0.411. The molecule has 0 aliphatic carbocycles. The van der Waals surface area contributed by atoms with Gasteiger partial charge in [-0.3, -0.25) is 4.79 Å². The Morgan fingerprint density at radius 1 is 1.00 bits per heavy atom. The number of amides is 1. The maximum Gasteiger partial charge on any atom is 0.341 e. The smallest absolute Gasteiger partial charge is 0.341 e. The molecule has 174 valence electrons. The van der Waals surface area contributed by atoms with Crippen molar-refractivity contribution in [2.45, 2.75) is 17.6 Å². The number of hydrogen-bond donors (Lipinski definition) is 1. The van der Waals surface area contributed by atoms with Crippen LogP contribution < -0.4 is 10.1 Å². The van der Waals surface area contributed by atoms with Crippen LogP contribution in [-0.2, 0) is 9.84 Å². The number of halogens is 2. The van der Waals surface area contributed by atoms with Crippen molar-refractivity contribution in [1.82, 2.24) is 14.5 Å². The lowest BCUT2D eigenvalue weighted by molar-refractivity contribution is 0.102. The first-order valence-corrected chi connectivity index (χ1v) is 11.5. The van der Waals surface area contributed by atoms with Gasteiger partial charge in [0.15, 0.2) is 0 Å². The number of alkyl halides is 2. The zero-order chi connectivity index (χ0) is 24.3. The van der Waals surface area contributed by atoms with E-state index in [0.29, 0.717) is 29.0 Å². The maximum atomic E-state index is 13.0. The van der Waals surface area contributed by atoms with E-state index in [1.807, 2.05) is 29.1 Å². The average molecular weight is 484 g/mol. The lowest BCUT2D eigenvalue weighted by atomic mass is 10.2. The normalized spacial score (nSPS) is 11.4. The van der Waals surface area contributed by atoms with E-state index in [4.69, 9.17) is 4.74 Å². The molecule has 0 atom stereocenters. The molecule has 0 aliphatic rings. The number of carbonyl (C=O) groups excluding carboxylic acids is 1. The summed E-state index contributed by atoms with van der Waals surface area (Å²) in [6, 6.07) is 16.4. The molecule has 4 aromatic rings. The standard InChI is InChI=1S/C23H18F2N4O4S/c1-15-26-20(29-12-4-5-13-29)14-21(27-15)33-17-10-8-16(9-11-17)28-22(30)18-6-2-3-7-19(18)34(31,32)23(24)25/h2-14,23H,1H3,(H,28,30). The summed E-state index contributed by atoms with van der Waals surface area (Å²) in [5.74, 6) is -2.58. The number of hydrogen-bond acceptors (Lipinski definition) is 6. The van der Waals surface area contributed by atoms with Crippen molar-refractivity contribution < 1.29 is 26.7 Å². The predicted molar refractivity (Wildman–Crippen MR) is 120 cm³/mol. The monoisotopic (exact) mass is 484 g/mol. The van der Waals surface area contributed by atoms with Gasteiger partial charge in [-0.05, 0) is 55.5 Å². The van der Waals surface area contributed by atoms with Crippen LogP contribution in [0.5, 0.6) is 11.6 Å². The number of benzene rings is 2. The fourth-order valence-electron chi connectivity index (χ4n) is 3.12. The second-order valence-electron chi connectivity index (χ2n) is 7.08. The minimum Gasteiger partial charge on any atom is -0.439 e. The molecular formula is C23H18F2N4O4S. The van der Waals surface area contributed by atoms with E-state index >= 15 is 0 Å². The molecule has 0 unspecified atom stereocenters. The van der Waals surface area contributed by atoms with E-state index in [2.05, 4.69) is 15.3 Å². The Hall–Kier alpha value is -4.12. The molecule has 0 fully saturated rings. The van der Waals surface area contributed by atoms with Crippen molar-refractivity contribution in [1.29, 1.82) is 0 Å². The van der Waals surface area contributed by atoms with Gasteiger partial charge in [0.2, 0.25) is 15.7 Å². The molecule has 2 aromatic carbocycles. The third kappa shape index (κ3) is 4.94. The minimum atomic E-state index is -4.94. The van der Waals surface area contributed by atoms with Crippen molar-refractivity contribution >= 4 is 21.4 Å². The summed E-state index contributed by atoms with van der Waals surface area (Å²) >= 11 is 0. The number of nitrogens with zero attached hydrogens (tertiary/aromatic N) is 3. The molecule has 2 aromatic heterocycles. The van der Waals surface area contributed by atoms with E-state index in [9.17, 15) is 22.0 Å². The fourth-order valence-corrected chi connectivity index (χ4v) is 4.05. The average Bonchev–Trinajstić information content (AvgIpc) is 3.35. The summed E-state index contributed by atoms with van der Waals surface area (Å²) in [5, 5.41) is 2.50. The fraction of sp³-hybridized carbons (Fsp3) is 0.0870. The van der Waals surface area contributed by atoms with Gasteiger partial charge in [0, 0.05) is 24.1 Å². The first-order valence-electron chi connectivity index (χ1n) is 9.93. The van der Waals surface area contributed by atoms with E-state index in [1.165, 1.54) is 30.3 Å². The molecule has 0 spiro atoms. The first kappa shape index (κ1) is 23.1. The summed E-state index contributed by atoms with van der Waals surface area (Å²) in [6.45, 7) is 1.74. The van der Waals surface area contributed by atoms with E-state index in [0.717, 1.165) is 6.07 Å². The minimum absolute atomic E-state index is 0.313. The molecule has 0 saturated carbocycles. The zero-order valence-corrected chi connectivity index (χ0v) is 18.5. The summed E-state index contributed by atoms with van der Waals surface area (Å²) in [5.41, 5.74) is -0.0642. The maximum absolute atomic E-state index is 13.0. The third-order valence-corrected chi connectivity index (χ3v) is 6.12. The van der Waals surface area contributed by atoms with Crippen LogP contribution in [0.25, 0.3) is 5.82 Å². The molecular weight excluding hydrogens is 466 g/mol. The number of aromatic nitrogens is 3. The van der Waals surface area contributed by atoms with Gasteiger partial charge in [-0.15, -0.1) is 0 Å². The van der Waals surface area contributed by atoms with Crippen LogP contribution in [-0.4, -0.2) is 34.6 Å².